The second-order valence-corrected chi connectivity index (χ2v) is 3.30. The molecule has 0 spiro atoms. The number of nitrogens with zero attached hydrogens (tertiary/aromatic N) is 1. The van der Waals surface area contributed by atoms with E-state index >= 15 is 0 Å². The SMILES string of the molecule is COc1ccc2c(c1)N(C)C(=O)C2N. The summed E-state index contributed by atoms with van der Waals surface area (Å²) < 4.78 is 5.08. The first kappa shape index (κ1) is 9.02. The molecule has 1 unspecified atom stereocenters. The Morgan fingerprint density at radius 2 is 2.21 bits per heavy atom. The lowest BCUT2D eigenvalue weighted by atomic mass is 10.1. The fraction of sp³-hybridized carbons (Fsp3) is 0.300. The number of likely N-dealkylation sites (N-methyl/N-ethyl adjacent to an activating group) is 1. The van der Waals surface area contributed by atoms with Crippen LogP contribution in [0.5, 0.6) is 5.75 Å². The van der Waals surface area contributed by atoms with E-state index in [4.69, 9.17) is 10.5 Å². The molecule has 74 valence electrons. The molecule has 1 aromatic carbocycles. The molecule has 4 heteroatoms. The van der Waals surface area contributed by atoms with Crippen molar-refractivity contribution in [3.05, 3.63) is 23.8 Å². The Kier molecular flexibility index (Phi) is 1.93. The van der Waals surface area contributed by atoms with Crippen molar-refractivity contribution < 1.29 is 9.53 Å². The molecule has 1 aliphatic heterocycles. The summed E-state index contributed by atoms with van der Waals surface area (Å²) in [4.78, 5) is 13.1. The number of fused-ring (bicyclic) bond motifs is 1. The Morgan fingerprint density at radius 1 is 1.50 bits per heavy atom. The van der Waals surface area contributed by atoms with Gasteiger partial charge in [0.05, 0.1) is 12.8 Å². The number of methoxy groups -OCH3 is 1. The summed E-state index contributed by atoms with van der Waals surface area (Å²) in [5.74, 6) is 0.658. The van der Waals surface area contributed by atoms with Gasteiger partial charge in [0, 0.05) is 18.7 Å². The van der Waals surface area contributed by atoms with Crippen LogP contribution in [0.4, 0.5) is 5.69 Å². The molecule has 2 N–H and O–H groups in total. The molecule has 1 atom stereocenters. The lowest BCUT2D eigenvalue weighted by Crippen LogP contribution is -2.27. The average molecular weight is 192 g/mol. The second kappa shape index (κ2) is 2.99. The molecule has 0 saturated heterocycles. The monoisotopic (exact) mass is 192 g/mol. The van der Waals surface area contributed by atoms with Crippen LogP contribution in [0.3, 0.4) is 0 Å². The van der Waals surface area contributed by atoms with Crippen LogP contribution < -0.4 is 15.4 Å². The third kappa shape index (κ3) is 1.08. The van der Waals surface area contributed by atoms with Crippen molar-refractivity contribution in [3.8, 4) is 5.75 Å². The molecular weight excluding hydrogens is 180 g/mol. The Bertz CT molecular complexity index is 390. The Balaban J connectivity index is 2.53. The number of rotatable bonds is 1. The number of amides is 1. The number of nitrogens with two attached hydrogens (primary N) is 1. The highest BCUT2D eigenvalue weighted by molar-refractivity contribution is 6.04. The van der Waals surface area contributed by atoms with E-state index in [-0.39, 0.29) is 5.91 Å². The third-order valence-electron chi connectivity index (χ3n) is 2.53. The summed E-state index contributed by atoms with van der Waals surface area (Å²) in [5, 5.41) is 0. The largest absolute Gasteiger partial charge is 0.497 e. The highest BCUT2D eigenvalue weighted by atomic mass is 16.5. The van der Waals surface area contributed by atoms with Gasteiger partial charge in [-0.1, -0.05) is 6.07 Å². The number of hydrogen-bond acceptors (Lipinski definition) is 3. The van der Waals surface area contributed by atoms with Gasteiger partial charge in [0.25, 0.3) is 0 Å². The molecule has 0 aromatic heterocycles. The molecule has 1 amide bonds. The fourth-order valence-corrected chi connectivity index (χ4v) is 1.66. The van der Waals surface area contributed by atoms with Crippen LogP contribution >= 0.6 is 0 Å². The first-order valence-corrected chi connectivity index (χ1v) is 4.36. The van der Waals surface area contributed by atoms with Crippen molar-refractivity contribution >= 4 is 11.6 Å². The highest BCUT2D eigenvalue weighted by Crippen LogP contribution is 2.35. The molecule has 1 aliphatic rings. The van der Waals surface area contributed by atoms with E-state index in [1.807, 2.05) is 18.2 Å². The van der Waals surface area contributed by atoms with Crippen LogP contribution in [0.25, 0.3) is 0 Å². The van der Waals surface area contributed by atoms with Crippen molar-refractivity contribution in [2.24, 2.45) is 5.73 Å². The molecule has 0 saturated carbocycles. The van der Waals surface area contributed by atoms with E-state index in [0.717, 1.165) is 17.0 Å². The maximum atomic E-state index is 11.5. The second-order valence-electron chi connectivity index (χ2n) is 3.30. The predicted octanol–water partition coefficient (Wildman–Crippen LogP) is 0.671. The normalized spacial score (nSPS) is 19.8. The summed E-state index contributed by atoms with van der Waals surface area (Å²) in [6.45, 7) is 0. The predicted molar refractivity (Wildman–Crippen MR) is 53.3 cm³/mol. The smallest absolute Gasteiger partial charge is 0.248 e. The molecule has 1 aromatic rings. The summed E-state index contributed by atoms with van der Waals surface area (Å²) in [6, 6.07) is 4.94. The van der Waals surface area contributed by atoms with Gasteiger partial charge in [0.15, 0.2) is 0 Å². The quantitative estimate of drug-likeness (QED) is 0.711. The summed E-state index contributed by atoms with van der Waals surface area (Å²) >= 11 is 0. The maximum absolute atomic E-state index is 11.5. The standard InChI is InChI=1S/C10H12N2O2/c1-12-8-5-6(14-2)3-4-7(8)9(11)10(12)13/h3-5,9H,11H2,1-2H3. The van der Waals surface area contributed by atoms with Gasteiger partial charge >= 0.3 is 0 Å². The van der Waals surface area contributed by atoms with Gasteiger partial charge in [0.1, 0.15) is 11.8 Å². The van der Waals surface area contributed by atoms with Crippen LogP contribution in [-0.2, 0) is 4.79 Å². The Hall–Kier alpha value is -1.55. The fourth-order valence-electron chi connectivity index (χ4n) is 1.66. The van der Waals surface area contributed by atoms with Crippen LogP contribution in [-0.4, -0.2) is 20.1 Å². The zero-order valence-electron chi connectivity index (χ0n) is 8.15. The highest BCUT2D eigenvalue weighted by Gasteiger charge is 2.32. The van der Waals surface area contributed by atoms with E-state index in [1.165, 1.54) is 0 Å². The minimum atomic E-state index is -0.527. The molecule has 2 rings (SSSR count). The zero-order chi connectivity index (χ0) is 10.3. The van der Waals surface area contributed by atoms with Gasteiger partial charge < -0.3 is 15.4 Å². The summed E-state index contributed by atoms with van der Waals surface area (Å²) in [7, 11) is 3.31. The van der Waals surface area contributed by atoms with Crippen LogP contribution in [0.15, 0.2) is 18.2 Å². The molecule has 0 bridgehead atoms. The Morgan fingerprint density at radius 3 is 2.86 bits per heavy atom. The van der Waals surface area contributed by atoms with E-state index < -0.39 is 6.04 Å². The van der Waals surface area contributed by atoms with Crippen LogP contribution in [0.2, 0.25) is 0 Å². The molecule has 4 nitrogen and oxygen atoms in total. The van der Waals surface area contributed by atoms with E-state index in [9.17, 15) is 4.79 Å². The van der Waals surface area contributed by atoms with Crippen molar-refractivity contribution in [2.75, 3.05) is 19.1 Å². The van der Waals surface area contributed by atoms with Gasteiger partial charge in [0.2, 0.25) is 5.91 Å². The number of carbonyl (C=O) groups excluding carboxylic acids is 1. The molecule has 0 fully saturated rings. The lowest BCUT2D eigenvalue weighted by molar-refractivity contribution is -0.118. The minimum absolute atomic E-state index is 0.0757. The molecular formula is C10H12N2O2. The maximum Gasteiger partial charge on any atom is 0.248 e. The minimum Gasteiger partial charge on any atom is -0.497 e. The molecule has 0 aliphatic carbocycles. The number of carbonyl (C=O) groups is 1. The Labute approximate surface area is 82.3 Å². The summed E-state index contributed by atoms with van der Waals surface area (Å²) in [5.41, 5.74) is 7.43. The molecule has 1 heterocycles. The van der Waals surface area contributed by atoms with Gasteiger partial charge in [-0.25, -0.2) is 0 Å². The van der Waals surface area contributed by atoms with E-state index in [0.29, 0.717) is 0 Å². The number of ether oxygens (including phenoxy) is 1. The summed E-state index contributed by atoms with van der Waals surface area (Å²) in [6.07, 6.45) is 0. The van der Waals surface area contributed by atoms with Gasteiger partial charge in [-0.05, 0) is 6.07 Å². The number of anilines is 1. The topological polar surface area (TPSA) is 55.6 Å². The van der Waals surface area contributed by atoms with Gasteiger partial charge in [-0.3, -0.25) is 4.79 Å². The van der Waals surface area contributed by atoms with Crippen LogP contribution in [0.1, 0.15) is 11.6 Å². The molecule has 0 radical (unpaired) electrons. The van der Waals surface area contributed by atoms with Crippen molar-refractivity contribution in [2.45, 2.75) is 6.04 Å². The van der Waals surface area contributed by atoms with Crippen molar-refractivity contribution in [1.82, 2.24) is 0 Å². The zero-order valence-corrected chi connectivity index (χ0v) is 8.15. The van der Waals surface area contributed by atoms with Crippen molar-refractivity contribution in [3.63, 3.8) is 0 Å². The van der Waals surface area contributed by atoms with Gasteiger partial charge in [-0.2, -0.15) is 0 Å². The molecule has 14 heavy (non-hydrogen) atoms. The van der Waals surface area contributed by atoms with Crippen LogP contribution in [0, 0.1) is 0 Å². The van der Waals surface area contributed by atoms with Gasteiger partial charge in [-0.15, -0.1) is 0 Å². The lowest BCUT2D eigenvalue weighted by Gasteiger charge is -2.10. The van der Waals surface area contributed by atoms with E-state index in [1.54, 1.807) is 19.1 Å². The average Bonchev–Trinajstić information content (AvgIpc) is 2.44. The van der Waals surface area contributed by atoms with E-state index in [2.05, 4.69) is 0 Å². The third-order valence-corrected chi connectivity index (χ3v) is 2.53. The number of hydrogen-bond donors (Lipinski definition) is 1. The first-order valence-electron chi connectivity index (χ1n) is 4.36. The first-order chi connectivity index (χ1) is 6.65. The van der Waals surface area contributed by atoms with Crippen molar-refractivity contribution in [1.29, 1.82) is 0 Å². The number of benzene rings is 1.